The number of hydrogen-bond donors (Lipinski definition) is 2. The number of aromatic nitrogens is 1. The van der Waals surface area contributed by atoms with E-state index in [1.165, 1.54) is 6.20 Å². The summed E-state index contributed by atoms with van der Waals surface area (Å²) in [7, 11) is 0. The monoisotopic (exact) mass is 440 g/mol. The molecule has 0 fully saturated rings. The van der Waals surface area contributed by atoms with Crippen LogP contribution in [0.5, 0.6) is 5.75 Å². The highest BCUT2D eigenvalue weighted by atomic mass is 16.5. The van der Waals surface area contributed by atoms with Crippen LogP contribution in [0.25, 0.3) is 10.8 Å². The first-order chi connectivity index (χ1) is 16.0. The van der Waals surface area contributed by atoms with E-state index in [0.29, 0.717) is 27.8 Å². The Kier molecular flexibility index (Phi) is 6.26. The van der Waals surface area contributed by atoms with Gasteiger partial charge in [-0.1, -0.05) is 30.3 Å². The van der Waals surface area contributed by atoms with E-state index >= 15 is 0 Å². The molecule has 0 aliphatic heterocycles. The molecule has 0 bridgehead atoms. The second kappa shape index (κ2) is 9.61. The third-order valence-electron chi connectivity index (χ3n) is 4.71. The second-order valence-corrected chi connectivity index (χ2v) is 7.08. The third-order valence-corrected chi connectivity index (χ3v) is 4.71. The third kappa shape index (κ3) is 5.31. The van der Waals surface area contributed by atoms with Crippen molar-refractivity contribution >= 4 is 34.4 Å². The van der Waals surface area contributed by atoms with Gasteiger partial charge in [-0.3, -0.25) is 0 Å². The second-order valence-electron chi connectivity index (χ2n) is 7.08. The fourth-order valence-electron chi connectivity index (χ4n) is 3.16. The summed E-state index contributed by atoms with van der Waals surface area (Å²) in [6.45, 7) is 0.148. The molecule has 0 saturated heterocycles. The molecule has 0 radical (unpaired) electrons. The summed E-state index contributed by atoms with van der Waals surface area (Å²) in [5.74, 6) is -0.813. The van der Waals surface area contributed by atoms with Crippen LogP contribution >= 0.6 is 0 Å². The first kappa shape index (κ1) is 21.5. The Morgan fingerprint density at radius 3 is 2.36 bits per heavy atom. The zero-order chi connectivity index (χ0) is 23.2. The fourth-order valence-corrected chi connectivity index (χ4v) is 3.16. The Labute approximate surface area is 189 Å². The lowest BCUT2D eigenvalue weighted by Crippen LogP contribution is -2.21. The molecule has 8 heteroatoms. The highest BCUT2D eigenvalue weighted by molar-refractivity contribution is 6.03. The molecule has 8 nitrogen and oxygen atoms in total. The predicted molar refractivity (Wildman–Crippen MR) is 124 cm³/mol. The molecule has 0 saturated carbocycles. The van der Waals surface area contributed by atoms with Gasteiger partial charge in [-0.2, -0.15) is 0 Å². The number of aliphatic imine (C=N–C) groups is 1. The Balaban J connectivity index is 1.48. The molecule has 4 N–H and O–H groups in total. The minimum Gasteiger partial charge on any atom is -0.456 e. The van der Waals surface area contributed by atoms with Gasteiger partial charge in [-0.05, 0) is 59.5 Å². The highest BCUT2D eigenvalue weighted by Crippen LogP contribution is 2.24. The Morgan fingerprint density at radius 1 is 0.879 bits per heavy atom. The molecule has 1 aromatic heterocycles. The van der Waals surface area contributed by atoms with Crippen molar-refractivity contribution in [2.75, 3.05) is 0 Å². The molecular weight excluding hydrogens is 420 g/mol. The summed E-state index contributed by atoms with van der Waals surface area (Å²) >= 11 is 0. The number of hydrogen-bond acceptors (Lipinski definition) is 6. The van der Waals surface area contributed by atoms with Crippen LogP contribution in [-0.2, 0) is 11.3 Å². The first-order valence-electron chi connectivity index (χ1n) is 10.0. The van der Waals surface area contributed by atoms with Crippen LogP contribution in [0.15, 0.2) is 90.1 Å². The van der Waals surface area contributed by atoms with Crippen LogP contribution in [0.3, 0.4) is 0 Å². The lowest BCUT2D eigenvalue weighted by molar-refractivity contribution is 0.0468. The van der Waals surface area contributed by atoms with Crippen molar-refractivity contribution in [2.45, 2.75) is 6.61 Å². The van der Waals surface area contributed by atoms with E-state index in [1.807, 2.05) is 30.3 Å². The summed E-state index contributed by atoms with van der Waals surface area (Å²) in [5, 5.41) is 1.28. The first-order valence-corrected chi connectivity index (χ1v) is 10.0. The predicted octanol–water partition coefficient (Wildman–Crippen LogP) is 3.72. The molecule has 0 atom stereocenters. The molecule has 164 valence electrons. The topological polar surface area (TPSA) is 130 Å². The molecular formula is C25H20N4O4. The molecule has 0 aliphatic rings. The molecule has 33 heavy (non-hydrogen) atoms. The highest BCUT2D eigenvalue weighted by Gasteiger charge is 2.15. The molecule has 4 aromatic rings. The van der Waals surface area contributed by atoms with Gasteiger partial charge in [0.2, 0.25) is 0 Å². The van der Waals surface area contributed by atoms with Crippen LogP contribution in [-0.4, -0.2) is 22.9 Å². The van der Waals surface area contributed by atoms with Crippen molar-refractivity contribution in [1.82, 2.24) is 4.98 Å². The zero-order valence-electron chi connectivity index (χ0n) is 17.5. The lowest BCUT2D eigenvalue weighted by Gasteiger charge is -2.09. The molecule has 4 rings (SSSR count). The van der Waals surface area contributed by atoms with Crippen molar-refractivity contribution in [3.8, 4) is 5.75 Å². The molecule has 0 aliphatic carbocycles. The number of ether oxygens (including phenoxy) is 2. The van der Waals surface area contributed by atoms with Crippen LogP contribution in [0.4, 0.5) is 5.69 Å². The van der Waals surface area contributed by atoms with Crippen molar-refractivity contribution in [3.63, 3.8) is 0 Å². The van der Waals surface area contributed by atoms with Crippen molar-refractivity contribution < 1.29 is 19.1 Å². The summed E-state index contributed by atoms with van der Waals surface area (Å²) in [6, 6.07) is 22.4. The van der Waals surface area contributed by atoms with E-state index in [2.05, 4.69) is 9.98 Å². The summed E-state index contributed by atoms with van der Waals surface area (Å²) in [6.07, 6.45) is 1.51. The summed E-state index contributed by atoms with van der Waals surface area (Å²) < 4.78 is 10.9. The summed E-state index contributed by atoms with van der Waals surface area (Å²) in [5.41, 5.74) is 12.6. The van der Waals surface area contributed by atoms with Gasteiger partial charge >= 0.3 is 11.9 Å². The SMILES string of the molecule is NC(N)=Nc1ccc(C(=O)Oc2ccc3c(C(=O)OCc4ccccc4)nccc3c2)cc1. The maximum absolute atomic E-state index is 12.6. The molecule has 3 aromatic carbocycles. The van der Waals surface area contributed by atoms with Gasteiger partial charge in [-0.15, -0.1) is 0 Å². The number of guanidine groups is 1. The number of nitrogens with zero attached hydrogens (tertiary/aromatic N) is 2. The number of rotatable bonds is 6. The maximum atomic E-state index is 12.6. The molecule has 0 unspecified atom stereocenters. The zero-order valence-corrected chi connectivity index (χ0v) is 17.5. The largest absolute Gasteiger partial charge is 0.456 e. The Hall–Kier alpha value is -4.72. The molecule has 0 amide bonds. The van der Waals surface area contributed by atoms with Crippen LogP contribution < -0.4 is 16.2 Å². The van der Waals surface area contributed by atoms with Gasteiger partial charge in [0.25, 0.3) is 0 Å². The lowest BCUT2D eigenvalue weighted by atomic mass is 10.1. The van der Waals surface area contributed by atoms with Gasteiger partial charge in [0, 0.05) is 11.6 Å². The Bertz CT molecular complexity index is 1330. The minimum atomic E-state index is -0.540. The number of carbonyl (C=O) groups excluding carboxylic acids is 2. The van der Waals surface area contributed by atoms with E-state index < -0.39 is 11.9 Å². The van der Waals surface area contributed by atoms with Gasteiger partial charge in [0.15, 0.2) is 11.7 Å². The van der Waals surface area contributed by atoms with Crippen molar-refractivity contribution in [2.24, 2.45) is 16.5 Å². The van der Waals surface area contributed by atoms with E-state index in [1.54, 1.807) is 48.5 Å². The average molecular weight is 440 g/mol. The number of esters is 2. The number of carbonyl (C=O) groups is 2. The van der Waals surface area contributed by atoms with Gasteiger partial charge in [0.05, 0.1) is 11.3 Å². The van der Waals surface area contributed by atoms with Gasteiger partial charge in [-0.25, -0.2) is 19.6 Å². The standard InChI is InChI=1S/C25H20N4O4/c26-25(27)29-19-8-6-17(7-9-19)23(30)33-20-10-11-21-18(14-20)12-13-28-22(21)24(31)32-15-16-4-2-1-3-5-16/h1-14H,15H2,(H4,26,27,29). The smallest absolute Gasteiger partial charge is 0.357 e. The Morgan fingerprint density at radius 2 is 1.64 bits per heavy atom. The minimum absolute atomic E-state index is 0.0701. The number of fused-ring (bicyclic) bond motifs is 1. The van der Waals surface area contributed by atoms with Crippen LogP contribution in [0, 0.1) is 0 Å². The van der Waals surface area contributed by atoms with Gasteiger partial charge < -0.3 is 20.9 Å². The number of nitrogens with two attached hydrogens (primary N) is 2. The van der Waals surface area contributed by atoms with E-state index in [9.17, 15) is 9.59 Å². The number of pyridine rings is 1. The summed E-state index contributed by atoms with van der Waals surface area (Å²) in [4.78, 5) is 33.1. The number of benzene rings is 3. The fraction of sp³-hybridized carbons (Fsp3) is 0.0400. The molecule has 1 heterocycles. The van der Waals surface area contributed by atoms with Crippen molar-refractivity contribution in [1.29, 1.82) is 0 Å². The van der Waals surface area contributed by atoms with Crippen LogP contribution in [0.1, 0.15) is 26.4 Å². The van der Waals surface area contributed by atoms with E-state index in [4.69, 9.17) is 20.9 Å². The maximum Gasteiger partial charge on any atom is 0.357 e. The van der Waals surface area contributed by atoms with Gasteiger partial charge in [0.1, 0.15) is 12.4 Å². The normalized spacial score (nSPS) is 10.4. The quantitative estimate of drug-likeness (QED) is 0.202. The molecule has 0 spiro atoms. The van der Waals surface area contributed by atoms with E-state index in [-0.39, 0.29) is 18.3 Å². The average Bonchev–Trinajstić information content (AvgIpc) is 2.82. The van der Waals surface area contributed by atoms with Crippen LogP contribution in [0.2, 0.25) is 0 Å². The van der Waals surface area contributed by atoms with Crippen molar-refractivity contribution in [3.05, 3.63) is 102 Å². The van der Waals surface area contributed by atoms with E-state index in [0.717, 1.165) is 5.56 Å².